The highest BCUT2D eigenvalue weighted by Gasteiger charge is 2.34. The number of methoxy groups -OCH3 is 1. The van der Waals surface area contributed by atoms with Crippen LogP contribution in [0.5, 0.6) is 5.75 Å². The number of hydrogen-bond acceptors (Lipinski definition) is 3. The van der Waals surface area contributed by atoms with E-state index in [9.17, 15) is 4.79 Å². The van der Waals surface area contributed by atoms with Gasteiger partial charge in [0, 0.05) is 19.2 Å². The Morgan fingerprint density at radius 1 is 1.36 bits per heavy atom. The van der Waals surface area contributed by atoms with Gasteiger partial charge in [-0.2, -0.15) is 0 Å². The van der Waals surface area contributed by atoms with Gasteiger partial charge in [0.2, 0.25) is 0 Å². The molecule has 2 fully saturated rings. The first-order valence-corrected chi connectivity index (χ1v) is 8.24. The molecule has 0 radical (unpaired) electrons. The summed E-state index contributed by atoms with van der Waals surface area (Å²) >= 11 is 0. The van der Waals surface area contributed by atoms with Gasteiger partial charge >= 0.3 is 0 Å². The quantitative estimate of drug-likeness (QED) is 0.858. The van der Waals surface area contributed by atoms with Crippen LogP contribution in [0.15, 0.2) is 18.2 Å². The number of amides is 1. The molecular formula is C18H25NO3. The summed E-state index contributed by atoms with van der Waals surface area (Å²) in [4.78, 5) is 14.6. The van der Waals surface area contributed by atoms with E-state index in [0.29, 0.717) is 6.04 Å². The largest absolute Gasteiger partial charge is 0.496 e. The Balaban J connectivity index is 1.68. The Kier molecular flexibility index (Phi) is 4.67. The number of aryl methyl sites for hydroxylation is 1. The van der Waals surface area contributed by atoms with Gasteiger partial charge in [-0.15, -0.1) is 0 Å². The van der Waals surface area contributed by atoms with Crippen LogP contribution in [0, 0.1) is 6.92 Å². The Labute approximate surface area is 132 Å². The van der Waals surface area contributed by atoms with Crippen LogP contribution in [0.25, 0.3) is 0 Å². The fourth-order valence-electron chi connectivity index (χ4n) is 3.64. The molecule has 22 heavy (non-hydrogen) atoms. The van der Waals surface area contributed by atoms with Crippen LogP contribution in [0.3, 0.4) is 0 Å². The number of carbonyl (C=O) groups is 1. The van der Waals surface area contributed by atoms with Crippen molar-refractivity contribution in [2.75, 3.05) is 20.3 Å². The summed E-state index contributed by atoms with van der Waals surface area (Å²) in [6, 6.07) is 6.61. The van der Waals surface area contributed by atoms with E-state index in [2.05, 4.69) is 24.0 Å². The maximum Gasteiger partial charge on any atom is 0.251 e. The van der Waals surface area contributed by atoms with Gasteiger partial charge in [-0.1, -0.05) is 12.1 Å². The van der Waals surface area contributed by atoms with Crippen molar-refractivity contribution in [3.8, 4) is 5.75 Å². The highest BCUT2D eigenvalue weighted by atomic mass is 16.5. The smallest absolute Gasteiger partial charge is 0.251 e. The molecular weight excluding hydrogens is 278 g/mol. The lowest BCUT2D eigenvalue weighted by Gasteiger charge is -2.27. The molecule has 3 rings (SSSR count). The molecule has 1 aromatic rings. The summed E-state index contributed by atoms with van der Waals surface area (Å²) in [6.07, 6.45) is 4.79. The second-order valence-electron chi connectivity index (χ2n) is 6.34. The summed E-state index contributed by atoms with van der Waals surface area (Å²) in [6.45, 7) is 3.66. The number of carbonyl (C=O) groups excluding carboxylic acids is 1. The molecule has 0 saturated carbocycles. The molecule has 0 aromatic heterocycles. The topological polar surface area (TPSA) is 38.8 Å². The van der Waals surface area contributed by atoms with E-state index in [1.54, 1.807) is 7.11 Å². The Hall–Kier alpha value is -1.55. The molecule has 2 unspecified atom stereocenters. The second-order valence-corrected chi connectivity index (χ2v) is 6.34. The predicted octanol–water partition coefficient (Wildman–Crippen LogP) is 2.72. The molecule has 2 aliphatic rings. The van der Waals surface area contributed by atoms with E-state index in [-0.39, 0.29) is 12.0 Å². The minimum absolute atomic E-state index is 0.196. The van der Waals surface area contributed by atoms with E-state index in [1.807, 2.05) is 6.07 Å². The molecule has 2 atom stereocenters. The van der Waals surface area contributed by atoms with Crippen molar-refractivity contribution < 1.29 is 14.3 Å². The van der Waals surface area contributed by atoms with Crippen molar-refractivity contribution in [1.82, 2.24) is 4.90 Å². The number of nitrogens with zero attached hydrogens (tertiary/aromatic N) is 1. The molecule has 1 amide bonds. The SMILES string of the molecule is COc1ccc(CC2CCCN2C(=O)C2CCCO2)cc1C. The van der Waals surface area contributed by atoms with Crippen LogP contribution in [0.1, 0.15) is 36.8 Å². The predicted molar refractivity (Wildman–Crippen MR) is 85.1 cm³/mol. The summed E-state index contributed by atoms with van der Waals surface area (Å²) in [5.41, 5.74) is 2.42. The Morgan fingerprint density at radius 3 is 2.91 bits per heavy atom. The minimum Gasteiger partial charge on any atom is -0.496 e. The normalized spacial score (nSPS) is 24.7. The fourth-order valence-corrected chi connectivity index (χ4v) is 3.64. The molecule has 0 N–H and O–H groups in total. The van der Waals surface area contributed by atoms with Crippen LogP contribution in [0.2, 0.25) is 0 Å². The molecule has 4 heteroatoms. The lowest BCUT2D eigenvalue weighted by molar-refractivity contribution is -0.141. The van der Waals surface area contributed by atoms with Crippen molar-refractivity contribution in [1.29, 1.82) is 0 Å². The van der Waals surface area contributed by atoms with Gasteiger partial charge in [0.05, 0.1) is 7.11 Å². The summed E-state index contributed by atoms with van der Waals surface area (Å²) < 4.78 is 10.9. The van der Waals surface area contributed by atoms with Crippen molar-refractivity contribution >= 4 is 5.91 Å². The number of ether oxygens (including phenoxy) is 2. The average Bonchev–Trinajstić information content (AvgIpc) is 3.18. The third kappa shape index (κ3) is 3.12. The van der Waals surface area contributed by atoms with Gasteiger partial charge in [-0.05, 0) is 56.2 Å². The van der Waals surface area contributed by atoms with Gasteiger partial charge < -0.3 is 14.4 Å². The van der Waals surface area contributed by atoms with E-state index in [1.165, 1.54) is 5.56 Å². The first-order valence-electron chi connectivity index (χ1n) is 8.24. The van der Waals surface area contributed by atoms with Gasteiger partial charge in [-0.3, -0.25) is 4.79 Å². The lowest BCUT2D eigenvalue weighted by atomic mass is 10.0. The zero-order chi connectivity index (χ0) is 15.5. The molecule has 120 valence electrons. The van der Waals surface area contributed by atoms with Crippen LogP contribution in [-0.2, 0) is 16.0 Å². The number of benzene rings is 1. The van der Waals surface area contributed by atoms with Crippen molar-refractivity contribution in [2.45, 2.75) is 51.2 Å². The summed E-state index contributed by atoms with van der Waals surface area (Å²) in [5.74, 6) is 1.12. The molecule has 2 saturated heterocycles. The first kappa shape index (κ1) is 15.3. The van der Waals surface area contributed by atoms with Gasteiger partial charge in [-0.25, -0.2) is 0 Å². The van der Waals surface area contributed by atoms with Gasteiger partial charge in [0.1, 0.15) is 11.9 Å². The van der Waals surface area contributed by atoms with Crippen molar-refractivity contribution in [3.63, 3.8) is 0 Å². The standard InChI is InChI=1S/C18H25NO3/c1-13-11-14(7-8-16(13)21-2)12-15-5-3-9-19(15)18(20)17-6-4-10-22-17/h7-8,11,15,17H,3-6,9-10,12H2,1-2H3. The van der Waals surface area contributed by atoms with Crippen LogP contribution >= 0.6 is 0 Å². The van der Waals surface area contributed by atoms with E-state index in [4.69, 9.17) is 9.47 Å². The highest BCUT2D eigenvalue weighted by molar-refractivity contribution is 5.81. The first-order chi connectivity index (χ1) is 10.7. The van der Waals surface area contributed by atoms with E-state index in [0.717, 1.165) is 56.6 Å². The molecule has 0 bridgehead atoms. The lowest BCUT2D eigenvalue weighted by Crippen LogP contribution is -2.42. The van der Waals surface area contributed by atoms with Crippen LogP contribution in [-0.4, -0.2) is 43.2 Å². The zero-order valence-electron chi connectivity index (χ0n) is 13.5. The van der Waals surface area contributed by atoms with E-state index >= 15 is 0 Å². The fraction of sp³-hybridized carbons (Fsp3) is 0.611. The van der Waals surface area contributed by atoms with E-state index < -0.39 is 0 Å². The van der Waals surface area contributed by atoms with Crippen LogP contribution in [0.4, 0.5) is 0 Å². The minimum atomic E-state index is -0.196. The van der Waals surface area contributed by atoms with Crippen molar-refractivity contribution in [3.05, 3.63) is 29.3 Å². The Bertz CT molecular complexity index is 537. The molecule has 4 nitrogen and oxygen atoms in total. The van der Waals surface area contributed by atoms with Crippen LogP contribution < -0.4 is 4.74 Å². The number of hydrogen-bond donors (Lipinski definition) is 0. The molecule has 1 aromatic carbocycles. The molecule has 2 heterocycles. The molecule has 0 aliphatic carbocycles. The maximum atomic E-state index is 12.6. The number of rotatable bonds is 4. The third-order valence-electron chi connectivity index (χ3n) is 4.80. The van der Waals surface area contributed by atoms with Gasteiger partial charge in [0.15, 0.2) is 0 Å². The van der Waals surface area contributed by atoms with Gasteiger partial charge in [0.25, 0.3) is 5.91 Å². The second kappa shape index (κ2) is 6.69. The van der Waals surface area contributed by atoms with Crippen molar-refractivity contribution in [2.24, 2.45) is 0 Å². The third-order valence-corrected chi connectivity index (χ3v) is 4.80. The molecule has 0 spiro atoms. The summed E-state index contributed by atoms with van der Waals surface area (Å²) in [7, 11) is 1.70. The summed E-state index contributed by atoms with van der Waals surface area (Å²) in [5, 5.41) is 0. The zero-order valence-corrected chi connectivity index (χ0v) is 13.5. The maximum absolute atomic E-state index is 12.6. The number of likely N-dealkylation sites (tertiary alicyclic amines) is 1. The highest BCUT2D eigenvalue weighted by Crippen LogP contribution is 2.26. The monoisotopic (exact) mass is 303 g/mol. The Morgan fingerprint density at radius 2 is 2.23 bits per heavy atom. The molecule has 2 aliphatic heterocycles. The average molecular weight is 303 g/mol.